The van der Waals surface area contributed by atoms with Crippen LogP contribution in [0.4, 0.5) is 5.69 Å². The molecule has 0 fully saturated rings. The Hall–Kier alpha value is -2.80. The highest BCUT2D eigenvalue weighted by atomic mass is 32.2. The molecule has 150 valence electrons. The summed E-state index contributed by atoms with van der Waals surface area (Å²) < 4.78 is 30.1. The van der Waals surface area contributed by atoms with Crippen molar-refractivity contribution < 1.29 is 17.9 Å². The van der Waals surface area contributed by atoms with Gasteiger partial charge in [0.15, 0.2) is 0 Å². The predicted molar refractivity (Wildman–Crippen MR) is 112 cm³/mol. The van der Waals surface area contributed by atoms with E-state index in [1.54, 1.807) is 35.2 Å². The van der Waals surface area contributed by atoms with Gasteiger partial charge >= 0.3 is 0 Å². The van der Waals surface area contributed by atoms with Gasteiger partial charge in [-0.3, -0.25) is 9.10 Å². The summed E-state index contributed by atoms with van der Waals surface area (Å²) in [6.45, 7) is 6.96. The maximum atomic E-state index is 13.0. The average molecular weight is 403 g/mol. The lowest BCUT2D eigenvalue weighted by Crippen LogP contribution is -2.31. The fraction of sp³-hybridized carbons (Fsp3) is 0.286. The van der Waals surface area contributed by atoms with E-state index >= 15 is 0 Å². The first kappa shape index (κ1) is 21.5. The molecule has 1 amide bonds. The smallest absolute Gasteiger partial charge is 0.254 e. The minimum absolute atomic E-state index is 0.167. The minimum atomic E-state index is -3.35. The molecule has 0 N–H and O–H groups in total. The van der Waals surface area contributed by atoms with Crippen molar-refractivity contribution in [1.29, 1.82) is 0 Å². The normalized spacial score (nSPS) is 11.0. The first-order valence-corrected chi connectivity index (χ1v) is 10.8. The summed E-state index contributed by atoms with van der Waals surface area (Å²) in [5.41, 5.74) is 1.88. The summed E-state index contributed by atoms with van der Waals surface area (Å²) in [7, 11) is -1.88. The molecule has 28 heavy (non-hydrogen) atoms. The van der Waals surface area contributed by atoms with Crippen LogP contribution >= 0.6 is 0 Å². The molecule has 0 aliphatic heterocycles. The molecule has 0 aliphatic carbocycles. The number of hydrogen-bond acceptors (Lipinski definition) is 4. The summed E-state index contributed by atoms with van der Waals surface area (Å²) in [5, 5.41) is 0. The van der Waals surface area contributed by atoms with Crippen molar-refractivity contribution in [3.05, 3.63) is 72.3 Å². The van der Waals surface area contributed by atoms with Crippen molar-refractivity contribution in [3.8, 4) is 5.75 Å². The highest BCUT2D eigenvalue weighted by Crippen LogP contribution is 2.22. The van der Waals surface area contributed by atoms with Crippen LogP contribution in [-0.4, -0.2) is 45.7 Å². The zero-order valence-corrected chi connectivity index (χ0v) is 17.3. The topological polar surface area (TPSA) is 66.9 Å². The van der Waals surface area contributed by atoms with Crippen molar-refractivity contribution >= 4 is 21.6 Å². The number of para-hydroxylation sites is 1. The molecule has 0 aromatic heterocycles. The molecule has 2 aromatic rings. The Bertz CT molecular complexity index is 924. The molecule has 0 bridgehead atoms. The lowest BCUT2D eigenvalue weighted by Gasteiger charge is -2.23. The number of nitrogens with zero attached hydrogens (tertiary/aromatic N) is 2. The number of amides is 1. The zero-order valence-electron chi connectivity index (χ0n) is 16.5. The van der Waals surface area contributed by atoms with Gasteiger partial charge in [0.25, 0.3) is 5.91 Å². The quantitative estimate of drug-likeness (QED) is 0.604. The van der Waals surface area contributed by atoms with Crippen LogP contribution in [0.25, 0.3) is 0 Å². The maximum Gasteiger partial charge on any atom is 0.254 e. The third-order valence-electron chi connectivity index (χ3n) is 4.25. The van der Waals surface area contributed by atoms with E-state index in [1.165, 1.54) is 11.4 Å². The van der Waals surface area contributed by atoms with Gasteiger partial charge in [-0.05, 0) is 37.3 Å². The molecule has 2 aromatic carbocycles. The van der Waals surface area contributed by atoms with Crippen molar-refractivity contribution in [2.45, 2.75) is 13.5 Å². The van der Waals surface area contributed by atoms with E-state index in [0.717, 1.165) is 17.6 Å². The molecular formula is C21H26N2O4S. The van der Waals surface area contributed by atoms with E-state index in [0.29, 0.717) is 30.9 Å². The molecule has 0 radical (unpaired) electrons. The van der Waals surface area contributed by atoms with Crippen LogP contribution in [0.5, 0.6) is 5.75 Å². The van der Waals surface area contributed by atoms with Gasteiger partial charge in [0, 0.05) is 31.3 Å². The summed E-state index contributed by atoms with van der Waals surface area (Å²) in [6, 6.07) is 14.1. The second-order valence-electron chi connectivity index (χ2n) is 6.29. The molecule has 0 atom stereocenters. The maximum absolute atomic E-state index is 13.0. The van der Waals surface area contributed by atoms with E-state index in [1.807, 2.05) is 31.2 Å². The molecule has 2 rings (SSSR count). The molecule has 0 saturated heterocycles. The van der Waals surface area contributed by atoms with Crippen molar-refractivity contribution in [2.75, 3.05) is 30.8 Å². The first-order valence-electron chi connectivity index (χ1n) is 8.92. The van der Waals surface area contributed by atoms with Gasteiger partial charge in [-0.25, -0.2) is 8.42 Å². The van der Waals surface area contributed by atoms with Crippen LogP contribution in [-0.2, 0) is 16.6 Å². The van der Waals surface area contributed by atoms with Gasteiger partial charge in [-0.2, -0.15) is 0 Å². The fourth-order valence-electron chi connectivity index (χ4n) is 2.70. The molecular weight excluding hydrogens is 376 g/mol. The number of hydrogen-bond donors (Lipinski definition) is 0. The van der Waals surface area contributed by atoms with E-state index in [9.17, 15) is 13.2 Å². The molecule has 7 heteroatoms. The van der Waals surface area contributed by atoms with Crippen LogP contribution in [0.1, 0.15) is 22.8 Å². The first-order chi connectivity index (χ1) is 13.3. The largest absolute Gasteiger partial charge is 0.494 e. The Kier molecular flexibility index (Phi) is 7.23. The third-order valence-corrected chi connectivity index (χ3v) is 5.45. The molecule has 0 aliphatic rings. The molecule has 0 spiro atoms. The highest BCUT2D eigenvalue weighted by Gasteiger charge is 2.18. The standard InChI is InChI=1S/C21H26N2O4S/c1-5-15-23(16-18-9-7-8-10-20(18)27-6-2)21(24)17-11-13-19(14-12-17)22(3)28(4,25)26/h5,7-14H,1,6,15-16H2,2-4H3. The number of anilines is 1. The Morgan fingerprint density at radius 1 is 1.14 bits per heavy atom. The number of carbonyl (C=O) groups excluding carboxylic acids is 1. The average Bonchev–Trinajstić information content (AvgIpc) is 2.67. The Labute approximate surface area is 167 Å². The summed E-state index contributed by atoms with van der Waals surface area (Å²) in [4.78, 5) is 14.7. The highest BCUT2D eigenvalue weighted by molar-refractivity contribution is 7.92. The lowest BCUT2D eigenvalue weighted by molar-refractivity contribution is 0.0761. The van der Waals surface area contributed by atoms with Gasteiger partial charge in [-0.1, -0.05) is 24.3 Å². The second-order valence-corrected chi connectivity index (χ2v) is 8.31. The molecule has 0 saturated carbocycles. The predicted octanol–water partition coefficient (Wildman–Crippen LogP) is 3.31. The number of ether oxygens (including phenoxy) is 1. The number of sulfonamides is 1. The number of rotatable bonds is 9. The molecule has 0 heterocycles. The number of benzene rings is 2. The van der Waals surface area contributed by atoms with E-state index in [-0.39, 0.29) is 5.91 Å². The van der Waals surface area contributed by atoms with Gasteiger partial charge in [0.2, 0.25) is 10.0 Å². The van der Waals surface area contributed by atoms with Crippen LogP contribution in [0.15, 0.2) is 61.2 Å². The van der Waals surface area contributed by atoms with E-state index < -0.39 is 10.0 Å². The monoisotopic (exact) mass is 402 g/mol. The van der Waals surface area contributed by atoms with Crippen LogP contribution < -0.4 is 9.04 Å². The van der Waals surface area contributed by atoms with Crippen molar-refractivity contribution in [2.24, 2.45) is 0 Å². The zero-order chi connectivity index (χ0) is 20.7. The Balaban J connectivity index is 2.24. The van der Waals surface area contributed by atoms with E-state index in [4.69, 9.17) is 4.74 Å². The van der Waals surface area contributed by atoms with Crippen molar-refractivity contribution in [1.82, 2.24) is 4.90 Å². The molecule has 0 unspecified atom stereocenters. The lowest BCUT2D eigenvalue weighted by atomic mass is 10.1. The van der Waals surface area contributed by atoms with Gasteiger partial charge < -0.3 is 9.64 Å². The van der Waals surface area contributed by atoms with Crippen molar-refractivity contribution in [3.63, 3.8) is 0 Å². The Morgan fingerprint density at radius 2 is 1.79 bits per heavy atom. The SMILES string of the molecule is C=CCN(Cc1ccccc1OCC)C(=O)c1ccc(N(C)S(C)(=O)=O)cc1. The minimum Gasteiger partial charge on any atom is -0.494 e. The summed E-state index contributed by atoms with van der Waals surface area (Å²) in [5.74, 6) is 0.580. The van der Waals surface area contributed by atoms with Crippen LogP contribution in [0.2, 0.25) is 0 Å². The van der Waals surface area contributed by atoms with Crippen LogP contribution in [0.3, 0.4) is 0 Å². The second kappa shape index (κ2) is 9.41. The van der Waals surface area contributed by atoms with Crippen LogP contribution in [0, 0.1) is 0 Å². The van der Waals surface area contributed by atoms with Gasteiger partial charge in [-0.15, -0.1) is 6.58 Å². The third kappa shape index (κ3) is 5.36. The molecule has 6 nitrogen and oxygen atoms in total. The number of carbonyl (C=O) groups is 1. The van der Waals surface area contributed by atoms with Gasteiger partial charge in [0.05, 0.1) is 18.6 Å². The van der Waals surface area contributed by atoms with Gasteiger partial charge in [0.1, 0.15) is 5.75 Å². The summed E-state index contributed by atoms with van der Waals surface area (Å²) >= 11 is 0. The summed E-state index contributed by atoms with van der Waals surface area (Å²) in [6.07, 6.45) is 2.81. The Morgan fingerprint density at radius 3 is 2.36 bits per heavy atom. The van der Waals surface area contributed by atoms with E-state index in [2.05, 4.69) is 6.58 Å². The fourth-order valence-corrected chi connectivity index (χ4v) is 3.20.